The van der Waals surface area contributed by atoms with E-state index in [0.29, 0.717) is 46.7 Å². The number of anilines is 1. The molecule has 3 atom stereocenters. The molecule has 12 nitrogen and oxygen atoms in total. The van der Waals surface area contributed by atoms with E-state index in [1.54, 1.807) is 48.0 Å². The van der Waals surface area contributed by atoms with E-state index >= 15 is 0 Å². The molecule has 3 unspecified atom stereocenters. The number of halogens is 3. The highest BCUT2D eigenvalue weighted by Crippen LogP contribution is 2.47. The van der Waals surface area contributed by atoms with E-state index in [1.165, 1.54) is 11.0 Å². The Morgan fingerprint density at radius 1 is 0.950 bits per heavy atom. The smallest absolute Gasteiger partial charge is 0.329 e. The van der Waals surface area contributed by atoms with Gasteiger partial charge in [-0.1, -0.05) is 66.7 Å². The monoisotopic (exact) mass is 861 g/mol. The lowest BCUT2D eigenvalue weighted by Crippen LogP contribution is -2.50. The molecule has 3 heterocycles. The summed E-state index contributed by atoms with van der Waals surface area (Å²) in [5.41, 5.74) is 3.24. The first-order valence-electron chi connectivity index (χ1n) is 21.2. The number of imide groups is 1. The topological polar surface area (TPSA) is 155 Å². The summed E-state index contributed by atoms with van der Waals surface area (Å²) in [4.78, 5) is 60.6. The molecule has 15 heteroatoms. The van der Waals surface area contributed by atoms with Gasteiger partial charge in [0.05, 0.1) is 22.0 Å². The number of nitrogens with zero attached hydrogens (tertiary/aromatic N) is 2. The average molecular weight is 863 g/mol. The third-order valence-corrected chi connectivity index (χ3v) is 13.5. The number of aromatic nitrogens is 2. The van der Waals surface area contributed by atoms with Gasteiger partial charge in [-0.05, 0) is 118 Å². The predicted molar refractivity (Wildman–Crippen MR) is 232 cm³/mol. The zero-order chi connectivity index (χ0) is 42.4. The van der Waals surface area contributed by atoms with Crippen LogP contribution in [0.2, 0.25) is 10.0 Å². The second-order valence-electron chi connectivity index (χ2n) is 16.8. The van der Waals surface area contributed by atoms with Crippen LogP contribution in [0.4, 0.5) is 10.1 Å². The first-order chi connectivity index (χ1) is 29.0. The number of amides is 4. The summed E-state index contributed by atoms with van der Waals surface area (Å²) in [6.07, 6.45) is 11.7. The molecule has 4 aliphatic rings. The Balaban J connectivity index is 0.000000183. The van der Waals surface area contributed by atoms with E-state index in [4.69, 9.17) is 23.2 Å². The van der Waals surface area contributed by atoms with Gasteiger partial charge in [-0.25, -0.2) is 9.18 Å². The zero-order valence-corrected chi connectivity index (χ0v) is 35.4. The fourth-order valence-electron chi connectivity index (χ4n) is 9.88. The molecular weight excluding hydrogens is 808 g/mol. The maximum absolute atomic E-state index is 14.8. The molecule has 0 radical (unpaired) electrons. The van der Waals surface area contributed by atoms with E-state index in [1.807, 2.05) is 24.3 Å². The van der Waals surface area contributed by atoms with Gasteiger partial charge in [-0.2, -0.15) is 0 Å². The molecular formula is C45H54Cl2FN7O5. The van der Waals surface area contributed by atoms with Gasteiger partial charge in [0.25, 0.3) is 0 Å². The molecule has 320 valence electrons. The van der Waals surface area contributed by atoms with Crippen molar-refractivity contribution in [2.45, 2.75) is 101 Å². The van der Waals surface area contributed by atoms with E-state index in [2.05, 4.69) is 26.6 Å². The van der Waals surface area contributed by atoms with Crippen LogP contribution in [-0.2, 0) is 32.6 Å². The minimum atomic E-state index is -0.659. The second-order valence-corrected chi connectivity index (χ2v) is 17.6. The van der Waals surface area contributed by atoms with Crippen molar-refractivity contribution in [3.8, 4) is 0 Å². The van der Waals surface area contributed by atoms with Crippen LogP contribution in [0.1, 0.15) is 93.7 Å². The van der Waals surface area contributed by atoms with Crippen molar-refractivity contribution in [2.75, 3.05) is 25.0 Å². The lowest BCUT2D eigenvalue weighted by atomic mass is 9.69. The maximum atomic E-state index is 14.8. The van der Waals surface area contributed by atoms with Gasteiger partial charge in [0.15, 0.2) is 0 Å². The molecule has 2 saturated heterocycles. The van der Waals surface area contributed by atoms with Gasteiger partial charge in [0, 0.05) is 48.2 Å². The average Bonchev–Trinajstić information content (AvgIpc) is 3.71. The number of piperidine rings is 1. The molecule has 4 amide bonds. The Kier molecular flexibility index (Phi) is 14.1. The summed E-state index contributed by atoms with van der Waals surface area (Å²) in [6, 6.07) is 17.7. The highest BCUT2D eigenvalue weighted by atomic mass is 35.5. The molecule has 4 fully saturated rings. The van der Waals surface area contributed by atoms with Crippen LogP contribution in [0, 0.1) is 17.7 Å². The first kappa shape index (κ1) is 43.5. The Morgan fingerprint density at radius 2 is 1.72 bits per heavy atom. The number of hydrogen-bond acceptors (Lipinski definition) is 7. The third-order valence-electron chi connectivity index (χ3n) is 13.0. The van der Waals surface area contributed by atoms with E-state index < -0.39 is 17.8 Å². The number of carbonyl (C=O) groups excluding carboxylic acids is 4. The third kappa shape index (κ3) is 9.64. The summed E-state index contributed by atoms with van der Waals surface area (Å²) >= 11 is 12.1. The van der Waals surface area contributed by atoms with Crippen LogP contribution in [0.15, 0.2) is 65.5 Å². The molecule has 2 saturated carbocycles. The Labute approximate surface area is 359 Å². The fraction of sp³-hybridized carbons (Fsp3) is 0.489. The van der Waals surface area contributed by atoms with Crippen molar-refractivity contribution in [1.82, 2.24) is 30.4 Å². The number of rotatable bonds is 11. The van der Waals surface area contributed by atoms with Crippen molar-refractivity contribution < 1.29 is 23.6 Å². The van der Waals surface area contributed by atoms with Gasteiger partial charge in [0.1, 0.15) is 11.9 Å². The molecule has 8 rings (SSSR count). The zero-order valence-electron chi connectivity index (χ0n) is 33.9. The number of fused-ring (bicyclic) bond motifs is 1. The quantitative estimate of drug-likeness (QED) is 0.0653. The second kappa shape index (κ2) is 19.4. The minimum absolute atomic E-state index is 0.0936. The largest absolute Gasteiger partial charge is 0.356 e. The van der Waals surface area contributed by atoms with Crippen LogP contribution >= 0.6 is 23.2 Å². The van der Waals surface area contributed by atoms with Crippen molar-refractivity contribution >= 4 is 64.1 Å². The van der Waals surface area contributed by atoms with Crippen molar-refractivity contribution in [3.05, 3.63) is 98.1 Å². The van der Waals surface area contributed by atoms with Gasteiger partial charge in [-0.15, -0.1) is 0 Å². The van der Waals surface area contributed by atoms with E-state index in [9.17, 15) is 28.4 Å². The minimum Gasteiger partial charge on any atom is -0.356 e. The van der Waals surface area contributed by atoms with Crippen LogP contribution < -0.4 is 32.3 Å². The number of carbonyl (C=O) groups is 4. The molecule has 2 aliphatic carbocycles. The molecule has 5 N–H and O–H groups in total. The van der Waals surface area contributed by atoms with Crippen LogP contribution in [0.25, 0.3) is 11.0 Å². The van der Waals surface area contributed by atoms with Crippen LogP contribution in [0.3, 0.4) is 0 Å². The maximum Gasteiger partial charge on any atom is 0.329 e. The lowest BCUT2D eigenvalue weighted by molar-refractivity contribution is -0.135. The molecule has 3 aromatic carbocycles. The lowest BCUT2D eigenvalue weighted by Gasteiger charge is -2.39. The van der Waals surface area contributed by atoms with Gasteiger partial charge in [0.2, 0.25) is 24.1 Å². The van der Waals surface area contributed by atoms with Crippen molar-refractivity contribution in [1.29, 1.82) is 0 Å². The summed E-state index contributed by atoms with van der Waals surface area (Å²) in [7, 11) is 1.71. The summed E-state index contributed by atoms with van der Waals surface area (Å²) in [6.45, 7) is 2.38. The summed E-state index contributed by atoms with van der Waals surface area (Å²) in [5.74, 6) is -1.23. The number of imidazole rings is 1. The molecule has 4 aromatic rings. The highest BCUT2D eigenvalue weighted by molar-refractivity contribution is 6.31. The first-order valence-corrected chi connectivity index (χ1v) is 21.9. The molecule has 0 bridgehead atoms. The number of aryl methyl sites for hydroxylation is 1. The van der Waals surface area contributed by atoms with Crippen LogP contribution in [0.5, 0.6) is 0 Å². The summed E-state index contributed by atoms with van der Waals surface area (Å²) in [5, 5.41) is 16.0. The van der Waals surface area contributed by atoms with E-state index in [0.717, 1.165) is 88.4 Å². The van der Waals surface area contributed by atoms with Crippen LogP contribution in [-0.4, -0.2) is 64.5 Å². The molecule has 2 aliphatic heterocycles. The molecule has 1 aromatic heterocycles. The van der Waals surface area contributed by atoms with Gasteiger partial charge in [-0.3, -0.25) is 33.6 Å². The van der Waals surface area contributed by atoms with Crippen molar-refractivity contribution in [3.63, 3.8) is 0 Å². The number of hydrogen-bond donors (Lipinski definition) is 5. The Bertz CT molecular complexity index is 2270. The number of nitrogens with one attached hydrogen (secondary N) is 5. The summed E-state index contributed by atoms with van der Waals surface area (Å²) < 4.78 is 17.9. The standard InChI is InChI=1S/C23H31N5O4.C22H23Cl2FN2O/c1-27-20-12-15(10-11-24-13-16-2-5-17(6-3-16)25-14-29)4-7-18(20)28(23(27)32)19-8-9-21(30)26-22(19)31;23-14-6-4-7-15(12-14)27-21(28)19-17(16-8-5-9-18(24)20(16)25)13-26-22(19)10-2-1-3-11-22/h4,7,12,14,16-17,19,24H,2-3,5-6,8-11,13H2,1H3,(H,25,29)(H,26,30,31);4-9,12,17,19,26H,1-3,10-11,13H2,(H,27,28). The van der Waals surface area contributed by atoms with E-state index in [-0.39, 0.29) is 46.3 Å². The SMILES string of the molecule is Cn1c(=O)n(C2CCC(=O)NC2=O)c2ccc(CCNCC3CCC(NC=O)CC3)cc21.O=C(Nc1cccc(Cl)c1)C1C(c2cccc(Cl)c2F)CNC12CCCCC2. The normalized spacial score (nSPS) is 23.8. The van der Waals surface area contributed by atoms with Gasteiger partial charge >= 0.3 is 5.69 Å². The molecule has 60 heavy (non-hydrogen) atoms. The number of benzene rings is 3. The van der Waals surface area contributed by atoms with Crippen molar-refractivity contribution in [2.24, 2.45) is 18.9 Å². The highest BCUT2D eigenvalue weighted by Gasteiger charge is 2.53. The molecule has 1 spiro atoms. The Hall–Kier alpha value is -4.56. The fourth-order valence-corrected chi connectivity index (χ4v) is 10.2. The Morgan fingerprint density at radius 3 is 2.45 bits per heavy atom. The van der Waals surface area contributed by atoms with Gasteiger partial charge < -0.3 is 21.3 Å². The predicted octanol–water partition coefficient (Wildman–Crippen LogP) is 6.53.